The molecular weight excluding hydrogens is 260 g/mol. The first-order valence-corrected chi connectivity index (χ1v) is 6.55. The highest BCUT2D eigenvalue weighted by Crippen LogP contribution is 2.14. The number of aromatic nitrogens is 2. The quantitative estimate of drug-likeness (QED) is 0.735. The molecule has 20 heavy (non-hydrogen) atoms. The highest BCUT2D eigenvalue weighted by Gasteiger charge is 2.26. The van der Waals surface area contributed by atoms with Gasteiger partial charge in [-0.05, 0) is 20.3 Å². The molecule has 0 bridgehead atoms. The number of nitrogens with one attached hydrogen (secondary N) is 2. The van der Waals surface area contributed by atoms with Crippen molar-refractivity contribution in [1.82, 2.24) is 20.4 Å². The third kappa shape index (κ3) is 4.56. The molecular formula is C13H22N4O3. The fourth-order valence-corrected chi connectivity index (χ4v) is 2.04. The highest BCUT2D eigenvalue weighted by atomic mass is 16.4. The molecule has 1 heterocycles. The van der Waals surface area contributed by atoms with Crippen molar-refractivity contribution in [1.29, 1.82) is 0 Å². The number of hydrogen-bond acceptors (Lipinski definition) is 3. The molecule has 0 aromatic carbocycles. The lowest BCUT2D eigenvalue weighted by atomic mass is 9.99. The number of carboxylic acid groups (broad SMARTS) is 1. The summed E-state index contributed by atoms with van der Waals surface area (Å²) in [5, 5.41) is 18.4. The minimum Gasteiger partial charge on any atom is -0.479 e. The van der Waals surface area contributed by atoms with Gasteiger partial charge in [0.1, 0.15) is 0 Å². The molecule has 0 radical (unpaired) electrons. The van der Waals surface area contributed by atoms with Gasteiger partial charge in [0, 0.05) is 24.3 Å². The van der Waals surface area contributed by atoms with Crippen molar-refractivity contribution in [2.75, 3.05) is 0 Å². The van der Waals surface area contributed by atoms with Gasteiger partial charge in [0.15, 0.2) is 6.04 Å². The monoisotopic (exact) mass is 282 g/mol. The third-order valence-electron chi connectivity index (χ3n) is 2.91. The Hall–Kier alpha value is -2.05. The van der Waals surface area contributed by atoms with Crippen molar-refractivity contribution < 1.29 is 14.7 Å². The highest BCUT2D eigenvalue weighted by molar-refractivity contribution is 5.83. The molecule has 0 aliphatic carbocycles. The first-order chi connectivity index (χ1) is 9.25. The molecule has 1 rings (SSSR count). The number of carbonyl (C=O) groups is 2. The van der Waals surface area contributed by atoms with Crippen molar-refractivity contribution in [3.8, 4) is 0 Å². The van der Waals surface area contributed by atoms with Gasteiger partial charge in [0.2, 0.25) is 0 Å². The molecule has 0 aliphatic heterocycles. The van der Waals surface area contributed by atoms with E-state index in [1.54, 1.807) is 13.2 Å². The van der Waals surface area contributed by atoms with Gasteiger partial charge in [-0.1, -0.05) is 13.3 Å². The van der Waals surface area contributed by atoms with Gasteiger partial charge in [0.05, 0.1) is 6.20 Å². The summed E-state index contributed by atoms with van der Waals surface area (Å²) in [6, 6.07) is -1.61. The molecule has 1 unspecified atom stereocenters. The van der Waals surface area contributed by atoms with Crippen LogP contribution in [0.25, 0.3) is 0 Å². The minimum atomic E-state index is -1.12. The summed E-state index contributed by atoms with van der Waals surface area (Å²) in [6.45, 7) is 5.82. The molecule has 0 aliphatic rings. The van der Waals surface area contributed by atoms with Crippen LogP contribution in [0.5, 0.6) is 0 Å². The summed E-state index contributed by atoms with van der Waals surface area (Å²) in [7, 11) is 1.69. The van der Waals surface area contributed by atoms with E-state index >= 15 is 0 Å². The normalized spacial score (nSPS) is 12.8. The van der Waals surface area contributed by atoms with Crippen LogP contribution in [-0.4, -0.2) is 32.4 Å². The molecule has 2 amide bonds. The number of carboxylic acids is 1. The number of amides is 2. The Balaban J connectivity index is 2.72. The van der Waals surface area contributed by atoms with E-state index in [1.165, 1.54) is 10.9 Å². The number of aliphatic carboxylic acids is 1. The topological polar surface area (TPSA) is 96.2 Å². The first kappa shape index (κ1) is 16.0. The van der Waals surface area contributed by atoms with Crippen molar-refractivity contribution >= 4 is 12.0 Å². The summed E-state index contributed by atoms with van der Waals surface area (Å²) in [4.78, 5) is 23.2. The molecule has 0 saturated carbocycles. The average Bonchev–Trinajstić information content (AvgIpc) is 2.71. The van der Waals surface area contributed by atoms with E-state index in [0.717, 1.165) is 12.8 Å². The van der Waals surface area contributed by atoms with Crippen LogP contribution >= 0.6 is 0 Å². The summed E-state index contributed by atoms with van der Waals surface area (Å²) < 4.78 is 1.49. The Morgan fingerprint density at radius 1 is 1.50 bits per heavy atom. The van der Waals surface area contributed by atoms with Gasteiger partial charge in [-0.15, -0.1) is 0 Å². The molecule has 0 fully saturated rings. The molecule has 3 N–H and O–H groups in total. The molecule has 0 saturated heterocycles. The number of nitrogens with zero attached hydrogens (tertiary/aromatic N) is 2. The van der Waals surface area contributed by atoms with Crippen LogP contribution in [0.15, 0.2) is 12.4 Å². The van der Waals surface area contributed by atoms with Crippen LogP contribution in [0.1, 0.15) is 45.2 Å². The molecule has 7 heteroatoms. The minimum absolute atomic E-state index is 0.378. The van der Waals surface area contributed by atoms with E-state index in [2.05, 4.69) is 15.7 Å². The zero-order chi connectivity index (χ0) is 15.3. The zero-order valence-corrected chi connectivity index (χ0v) is 12.3. The van der Waals surface area contributed by atoms with Gasteiger partial charge in [-0.3, -0.25) is 4.68 Å². The SMILES string of the molecule is CCCC(C)(C)NC(=O)NC(C(=O)O)c1cnn(C)c1. The van der Waals surface area contributed by atoms with E-state index in [9.17, 15) is 14.7 Å². The van der Waals surface area contributed by atoms with Crippen molar-refractivity contribution in [3.63, 3.8) is 0 Å². The Labute approximate surface area is 118 Å². The number of hydrogen-bond donors (Lipinski definition) is 3. The summed E-state index contributed by atoms with van der Waals surface area (Å²) in [5.41, 5.74) is 0.0556. The number of carbonyl (C=O) groups excluding carboxylic acids is 1. The third-order valence-corrected chi connectivity index (χ3v) is 2.91. The lowest BCUT2D eigenvalue weighted by Crippen LogP contribution is -2.50. The van der Waals surface area contributed by atoms with Crippen LogP contribution in [0, 0.1) is 0 Å². The zero-order valence-electron chi connectivity index (χ0n) is 12.3. The Bertz CT molecular complexity index is 482. The van der Waals surface area contributed by atoms with Crippen LogP contribution in [0.4, 0.5) is 4.79 Å². The van der Waals surface area contributed by atoms with E-state index in [-0.39, 0.29) is 5.54 Å². The maximum Gasteiger partial charge on any atom is 0.331 e. The number of urea groups is 1. The summed E-state index contributed by atoms with van der Waals surface area (Å²) in [6.07, 6.45) is 4.73. The Morgan fingerprint density at radius 3 is 2.60 bits per heavy atom. The van der Waals surface area contributed by atoms with Crippen molar-refractivity contribution in [2.45, 2.75) is 45.2 Å². The van der Waals surface area contributed by atoms with Gasteiger partial charge < -0.3 is 15.7 Å². The maximum atomic E-state index is 11.9. The van der Waals surface area contributed by atoms with Crippen LogP contribution in [-0.2, 0) is 11.8 Å². The predicted molar refractivity (Wildman–Crippen MR) is 74.2 cm³/mol. The average molecular weight is 282 g/mol. The van der Waals surface area contributed by atoms with Crippen LogP contribution < -0.4 is 10.6 Å². The first-order valence-electron chi connectivity index (χ1n) is 6.55. The van der Waals surface area contributed by atoms with Gasteiger partial charge in [0.25, 0.3) is 0 Å². The van der Waals surface area contributed by atoms with E-state index in [0.29, 0.717) is 5.56 Å². The predicted octanol–water partition coefficient (Wildman–Crippen LogP) is 1.42. The van der Waals surface area contributed by atoms with Crippen molar-refractivity contribution in [3.05, 3.63) is 18.0 Å². The summed E-state index contributed by atoms with van der Waals surface area (Å²) in [5.74, 6) is -1.12. The van der Waals surface area contributed by atoms with Crippen LogP contribution in [0.2, 0.25) is 0 Å². The number of aryl methyl sites for hydroxylation is 1. The number of rotatable bonds is 6. The maximum absolute atomic E-state index is 11.9. The smallest absolute Gasteiger partial charge is 0.331 e. The second-order valence-corrected chi connectivity index (χ2v) is 5.45. The standard InChI is InChI=1S/C13H22N4O3/c1-5-6-13(2,3)16-12(20)15-10(11(18)19)9-7-14-17(4)8-9/h7-8,10H,5-6H2,1-4H3,(H,18,19)(H2,15,16,20). The lowest BCUT2D eigenvalue weighted by Gasteiger charge is -2.26. The fraction of sp³-hybridized carbons (Fsp3) is 0.615. The second kappa shape index (κ2) is 6.40. The molecule has 1 atom stereocenters. The van der Waals surface area contributed by atoms with E-state index in [1.807, 2.05) is 20.8 Å². The van der Waals surface area contributed by atoms with Gasteiger partial charge in [-0.25, -0.2) is 9.59 Å². The Morgan fingerprint density at radius 2 is 2.15 bits per heavy atom. The lowest BCUT2D eigenvalue weighted by molar-refractivity contribution is -0.139. The van der Waals surface area contributed by atoms with E-state index in [4.69, 9.17) is 0 Å². The van der Waals surface area contributed by atoms with E-state index < -0.39 is 18.0 Å². The van der Waals surface area contributed by atoms with Gasteiger partial charge >= 0.3 is 12.0 Å². The van der Waals surface area contributed by atoms with Gasteiger partial charge in [-0.2, -0.15) is 5.10 Å². The largest absolute Gasteiger partial charge is 0.479 e. The molecule has 1 aromatic rings. The second-order valence-electron chi connectivity index (χ2n) is 5.45. The summed E-state index contributed by atoms with van der Waals surface area (Å²) >= 11 is 0. The fourth-order valence-electron chi connectivity index (χ4n) is 2.04. The molecule has 1 aromatic heterocycles. The molecule has 0 spiro atoms. The van der Waals surface area contributed by atoms with Crippen LogP contribution in [0.3, 0.4) is 0 Å². The van der Waals surface area contributed by atoms with Crippen molar-refractivity contribution in [2.24, 2.45) is 7.05 Å². The molecule has 112 valence electrons. The molecule has 7 nitrogen and oxygen atoms in total. The Kier molecular flexibility index (Phi) is 5.12.